The minimum atomic E-state index is -3.16. The van der Waals surface area contributed by atoms with Crippen LogP contribution in [0.2, 0.25) is 0 Å². The van der Waals surface area contributed by atoms with Crippen LogP contribution in [0.15, 0.2) is 24.4 Å². The van der Waals surface area contributed by atoms with Crippen molar-refractivity contribution in [1.82, 2.24) is 14.9 Å². The number of nitrogens with zero attached hydrogens (tertiary/aromatic N) is 2. The van der Waals surface area contributed by atoms with Crippen molar-refractivity contribution in [3.63, 3.8) is 0 Å². The molecular formula is C15H16F3N3O. The topological polar surface area (TPSA) is 46.9 Å². The molecule has 0 saturated heterocycles. The molecule has 0 saturated carbocycles. The fourth-order valence-corrected chi connectivity index (χ4v) is 2.10. The van der Waals surface area contributed by atoms with Gasteiger partial charge in [-0.1, -0.05) is 6.92 Å². The largest absolute Gasteiger partial charge is 0.354 e. The van der Waals surface area contributed by atoms with E-state index in [9.17, 15) is 18.0 Å². The van der Waals surface area contributed by atoms with Crippen LogP contribution in [0.4, 0.5) is 13.2 Å². The fraction of sp³-hybridized carbons (Fsp3) is 0.333. The van der Waals surface area contributed by atoms with Gasteiger partial charge < -0.3 is 9.88 Å². The lowest BCUT2D eigenvalue weighted by Gasteiger charge is -2.14. The summed E-state index contributed by atoms with van der Waals surface area (Å²) in [4.78, 5) is 15.8. The first kappa shape index (κ1) is 16.1. The number of benzene rings is 1. The van der Waals surface area contributed by atoms with Gasteiger partial charge in [-0.05, 0) is 18.2 Å². The Morgan fingerprint density at radius 2 is 2.05 bits per heavy atom. The molecule has 0 aliphatic heterocycles. The van der Waals surface area contributed by atoms with Crippen molar-refractivity contribution >= 4 is 5.91 Å². The summed E-state index contributed by atoms with van der Waals surface area (Å²) in [5.41, 5.74) is -0.0794. The van der Waals surface area contributed by atoms with E-state index in [2.05, 4.69) is 10.3 Å². The number of amides is 1. The van der Waals surface area contributed by atoms with Gasteiger partial charge in [0.15, 0.2) is 0 Å². The van der Waals surface area contributed by atoms with Gasteiger partial charge in [0.1, 0.15) is 17.3 Å². The molecule has 1 amide bonds. The van der Waals surface area contributed by atoms with Crippen LogP contribution in [0.1, 0.15) is 35.7 Å². The van der Waals surface area contributed by atoms with E-state index >= 15 is 0 Å². The number of carbonyl (C=O) groups excluding carboxylic acids is 1. The van der Waals surface area contributed by atoms with Crippen LogP contribution >= 0.6 is 0 Å². The van der Waals surface area contributed by atoms with Crippen molar-refractivity contribution in [3.05, 3.63) is 47.3 Å². The molecule has 118 valence electrons. The van der Waals surface area contributed by atoms with Gasteiger partial charge >= 0.3 is 0 Å². The maximum atomic E-state index is 13.7. The second kappa shape index (κ2) is 5.82. The predicted molar refractivity (Wildman–Crippen MR) is 75.9 cm³/mol. The number of imidazole rings is 1. The average molecular weight is 311 g/mol. The van der Waals surface area contributed by atoms with Gasteiger partial charge in [-0.25, -0.2) is 18.2 Å². The number of nitrogens with one attached hydrogen (secondary N) is 1. The van der Waals surface area contributed by atoms with E-state index in [1.807, 2.05) is 0 Å². The van der Waals surface area contributed by atoms with Crippen molar-refractivity contribution < 1.29 is 18.0 Å². The first-order valence-corrected chi connectivity index (χ1v) is 6.76. The van der Waals surface area contributed by atoms with Crippen LogP contribution in [-0.2, 0) is 12.3 Å². The molecule has 1 aromatic carbocycles. The number of halogens is 3. The molecule has 0 bridgehead atoms. The van der Waals surface area contributed by atoms with Crippen LogP contribution in [0.3, 0.4) is 0 Å². The quantitative estimate of drug-likeness (QED) is 0.943. The monoisotopic (exact) mass is 311 g/mol. The Bertz CT molecular complexity index is 705. The summed E-state index contributed by atoms with van der Waals surface area (Å²) in [6.07, 6.45) is 1.87. The SMILES string of the molecule is CCc1nc(C(=O)NC)cn1-c1cc(F)cc(C(C)(F)F)c1. The Kier molecular flexibility index (Phi) is 4.25. The zero-order valence-electron chi connectivity index (χ0n) is 12.5. The van der Waals surface area contributed by atoms with E-state index in [4.69, 9.17) is 0 Å². The molecule has 0 atom stereocenters. The van der Waals surface area contributed by atoms with Crippen molar-refractivity contribution in [2.45, 2.75) is 26.2 Å². The summed E-state index contributed by atoms with van der Waals surface area (Å²) in [7, 11) is 1.46. The smallest absolute Gasteiger partial charge is 0.271 e. The molecule has 0 aliphatic carbocycles. The molecule has 1 heterocycles. The first-order chi connectivity index (χ1) is 10.3. The van der Waals surface area contributed by atoms with Gasteiger partial charge in [0, 0.05) is 32.2 Å². The number of hydrogen-bond acceptors (Lipinski definition) is 2. The maximum absolute atomic E-state index is 13.7. The van der Waals surface area contributed by atoms with Gasteiger partial charge in [0.2, 0.25) is 0 Å². The molecule has 2 aromatic rings. The lowest BCUT2D eigenvalue weighted by Crippen LogP contribution is -2.18. The molecular weight excluding hydrogens is 295 g/mol. The number of rotatable bonds is 4. The van der Waals surface area contributed by atoms with E-state index < -0.39 is 23.2 Å². The van der Waals surface area contributed by atoms with Gasteiger partial charge in [-0.15, -0.1) is 0 Å². The predicted octanol–water partition coefficient (Wildman–Crippen LogP) is 3.05. The molecule has 0 spiro atoms. The highest BCUT2D eigenvalue weighted by Crippen LogP contribution is 2.29. The van der Waals surface area contributed by atoms with Crippen LogP contribution in [0, 0.1) is 5.82 Å². The molecule has 22 heavy (non-hydrogen) atoms. The summed E-state index contributed by atoms with van der Waals surface area (Å²) in [5.74, 6) is -3.85. The van der Waals surface area contributed by atoms with Gasteiger partial charge in [-0.3, -0.25) is 4.79 Å². The molecule has 2 rings (SSSR count). The number of aromatic nitrogens is 2. The van der Waals surface area contributed by atoms with Crippen LogP contribution < -0.4 is 5.32 Å². The van der Waals surface area contributed by atoms with Crippen molar-refractivity contribution in [3.8, 4) is 5.69 Å². The summed E-state index contributed by atoms with van der Waals surface area (Å²) in [5, 5.41) is 2.44. The second-order valence-electron chi connectivity index (χ2n) is 4.93. The third kappa shape index (κ3) is 3.13. The van der Waals surface area contributed by atoms with Gasteiger partial charge in [0.25, 0.3) is 11.8 Å². The van der Waals surface area contributed by atoms with E-state index in [0.29, 0.717) is 19.2 Å². The van der Waals surface area contributed by atoms with E-state index in [1.165, 1.54) is 23.9 Å². The Morgan fingerprint density at radius 1 is 1.36 bits per heavy atom. The molecule has 0 unspecified atom stereocenters. The Balaban J connectivity index is 2.58. The summed E-state index contributed by atoms with van der Waals surface area (Å²) in [6, 6.07) is 3.12. The lowest BCUT2D eigenvalue weighted by atomic mass is 10.1. The third-order valence-electron chi connectivity index (χ3n) is 3.22. The van der Waals surface area contributed by atoms with Crippen molar-refractivity contribution in [1.29, 1.82) is 0 Å². The molecule has 7 heteroatoms. The Hall–Kier alpha value is -2.31. The Morgan fingerprint density at radius 3 is 2.59 bits per heavy atom. The van der Waals surface area contributed by atoms with Gasteiger partial charge in [0.05, 0.1) is 5.69 Å². The van der Waals surface area contributed by atoms with Crippen LogP contribution in [0.25, 0.3) is 5.69 Å². The van der Waals surface area contributed by atoms with Crippen LogP contribution in [-0.4, -0.2) is 22.5 Å². The standard InChI is InChI=1S/C15H16F3N3O/c1-4-13-20-12(14(22)19-3)8-21(13)11-6-9(15(2,17)18)5-10(16)7-11/h5-8H,4H2,1-3H3,(H,19,22). The number of hydrogen-bond donors (Lipinski definition) is 1. The highest BCUT2D eigenvalue weighted by atomic mass is 19.3. The minimum absolute atomic E-state index is 0.147. The second-order valence-corrected chi connectivity index (χ2v) is 4.93. The molecule has 0 aliphatic rings. The zero-order valence-corrected chi connectivity index (χ0v) is 12.5. The summed E-state index contributed by atoms with van der Waals surface area (Å²) >= 11 is 0. The number of carbonyl (C=O) groups is 1. The molecule has 1 aromatic heterocycles. The van der Waals surface area contributed by atoms with E-state index in [0.717, 1.165) is 12.1 Å². The molecule has 0 radical (unpaired) electrons. The van der Waals surface area contributed by atoms with E-state index in [-0.39, 0.29) is 11.4 Å². The van der Waals surface area contributed by atoms with Gasteiger partial charge in [-0.2, -0.15) is 0 Å². The summed E-state index contributed by atoms with van der Waals surface area (Å²) in [6.45, 7) is 2.51. The van der Waals surface area contributed by atoms with Crippen molar-refractivity contribution in [2.75, 3.05) is 7.05 Å². The highest BCUT2D eigenvalue weighted by molar-refractivity contribution is 5.92. The Labute approximate surface area is 126 Å². The third-order valence-corrected chi connectivity index (χ3v) is 3.22. The molecule has 1 N–H and O–H groups in total. The minimum Gasteiger partial charge on any atom is -0.354 e. The number of aryl methyl sites for hydroxylation is 1. The van der Waals surface area contributed by atoms with E-state index in [1.54, 1.807) is 6.92 Å². The average Bonchev–Trinajstić information content (AvgIpc) is 2.89. The summed E-state index contributed by atoms with van der Waals surface area (Å²) < 4.78 is 42.0. The zero-order chi connectivity index (χ0) is 16.5. The molecule has 4 nitrogen and oxygen atoms in total. The highest BCUT2D eigenvalue weighted by Gasteiger charge is 2.26. The normalized spacial score (nSPS) is 11.5. The van der Waals surface area contributed by atoms with Crippen molar-refractivity contribution in [2.24, 2.45) is 0 Å². The number of alkyl halides is 2. The van der Waals surface area contributed by atoms with Crippen LogP contribution in [0.5, 0.6) is 0 Å². The molecule has 0 fully saturated rings. The fourth-order valence-electron chi connectivity index (χ4n) is 2.10. The first-order valence-electron chi connectivity index (χ1n) is 6.76. The lowest BCUT2D eigenvalue weighted by molar-refractivity contribution is 0.0171. The maximum Gasteiger partial charge on any atom is 0.271 e.